The van der Waals surface area contributed by atoms with Crippen LogP contribution in [0.1, 0.15) is 25.8 Å². The Bertz CT molecular complexity index is 320. The SMILES string of the molecule is C=Cn1cc(CNCCCOCC(C)C)cn1. The van der Waals surface area contributed by atoms with Gasteiger partial charge in [0.2, 0.25) is 0 Å². The Hall–Kier alpha value is -1.13. The molecule has 0 aliphatic heterocycles. The highest BCUT2D eigenvalue weighted by molar-refractivity contribution is 5.17. The van der Waals surface area contributed by atoms with Crippen molar-refractivity contribution >= 4 is 6.20 Å². The van der Waals surface area contributed by atoms with Gasteiger partial charge in [0.15, 0.2) is 0 Å². The van der Waals surface area contributed by atoms with Gasteiger partial charge in [-0.25, -0.2) is 4.68 Å². The average Bonchev–Trinajstić information content (AvgIpc) is 2.75. The first-order valence-corrected chi connectivity index (χ1v) is 6.16. The van der Waals surface area contributed by atoms with Crippen LogP contribution < -0.4 is 5.32 Å². The van der Waals surface area contributed by atoms with Crippen molar-refractivity contribution in [2.45, 2.75) is 26.8 Å². The summed E-state index contributed by atoms with van der Waals surface area (Å²) < 4.78 is 7.21. The zero-order valence-corrected chi connectivity index (χ0v) is 10.9. The molecular formula is C13H23N3O. The van der Waals surface area contributed by atoms with Crippen LogP contribution in [-0.2, 0) is 11.3 Å². The summed E-state index contributed by atoms with van der Waals surface area (Å²) in [4.78, 5) is 0. The molecule has 1 N–H and O–H groups in total. The van der Waals surface area contributed by atoms with Gasteiger partial charge in [-0.15, -0.1) is 0 Å². The van der Waals surface area contributed by atoms with Crippen LogP contribution in [0.5, 0.6) is 0 Å². The summed E-state index contributed by atoms with van der Waals surface area (Å²) in [6.07, 6.45) is 6.55. The number of hydrogen-bond donors (Lipinski definition) is 1. The van der Waals surface area contributed by atoms with E-state index in [0.717, 1.165) is 32.7 Å². The molecule has 1 heterocycles. The fraction of sp³-hybridized carbons (Fsp3) is 0.615. The van der Waals surface area contributed by atoms with Gasteiger partial charge >= 0.3 is 0 Å². The molecule has 0 unspecified atom stereocenters. The molecule has 0 aromatic carbocycles. The summed E-state index contributed by atoms with van der Waals surface area (Å²) in [7, 11) is 0. The predicted octanol–water partition coefficient (Wildman–Crippen LogP) is 2.14. The van der Waals surface area contributed by atoms with Crippen LogP contribution in [-0.4, -0.2) is 29.5 Å². The Labute approximate surface area is 104 Å². The minimum absolute atomic E-state index is 0.618. The second kappa shape index (κ2) is 8.03. The highest BCUT2D eigenvalue weighted by Crippen LogP contribution is 1.97. The van der Waals surface area contributed by atoms with Gasteiger partial charge in [-0.3, -0.25) is 0 Å². The smallest absolute Gasteiger partial charge is 0.0538 e. The highest BCUT2D eigenvalue weighted by atomic mass is 16.5. The Morgan fingerprint density at radius 2 is 2.41 bits per heavy atom. The van der Waals surface area contributed by atoms with Gasteiger partial charge < -0.3 is 10.1 Å². The topological polar surface area (TPSA) is 39.1 Å². The lowest BCUT2D eigenvalue weighted by atomic mass is 10.2. The van der Waals surface area contributed by atoms with Crippen LogP contribution in [0.4, 0.5) is 0 Å². The Kier molecular flexibility index (Phi) is 6.58. The quantitative estimate of drug-likeness (QED) is 0.669. The first-order chi connectivity index (χ1) is 8.22. The molecule has 17 heavy (non-hydrogen) atoms. The molecule has 1 aromatic heterocycles. The van der Waals surface area contributed by atoms with E-state index in [-0.39, 0.29) is 0 Å². The van der Waals surface area contributed by atoms with E-state index in [1.165, 1.54) is 5.56 Å². The molecule has 0 aliphatic carbocycles. The number of ether oxygens (including phenoxy) is 1. The molecule has 1 aromatic rings. The molecule has 0 amide bonds. The average molecular weight is 237 g/mol. The maximum atomic E-state index is 5.50. The zero-order chi connectivity index (χ0) is 12.5. The van der Waals surface area contributed by atoms with Crippen molar-refractivity contribution in [1.29, 1.82) is 0 Å². The van der Waals surface area contributed by atoms with Crippen molar-refractivity contribution in [2.75, 3.05) is 19.8 Å². The maximum Gasteiger partial charge on any atom is 0.0538 e. The molecule has 0 saturated heterocycles. The predicted molar refractivity (Wildman–Crippen MR) is 70.6 cm³/mol. The summed E-state index contributed by atoms with van der Waals surface area (Å²) in [6, 6.07) is 0. The third-order valence-electron chi connectivity index (χ3n) is 2.26. The summed E-state index contributed by atoms with van der Waals surface area (Å²) in [5, 5.41) is 7.48. The van der Waals surface area contributed by atoms with Crippen LogP contribution in [0.15, 0.2) is 19.0 Å². The van der Waals surface area contributed by atoms with Gasteiger partial charge in [-0.1, -0.05) is 20.4 Å². The number of nitrogens with zero attached hydrogens (tertiary/aromatic N) is 2. The monoisotopic (exact) mass is 237 g/mol. The lowest BCUT2D eigenvalue weighted by Gasteiger charge is -2.07. The molecule has 96 valence electrons. The second-order valence-electron chi connectivity index (χ2n) is 4.51. The standard InChI is InChI=1S/C13H23N3O/c1-4-16-10-13(9-15-16)8-14-6-5-7-17-11-12(2)3/h4,9-10,12,14H,1,5-8,11H2,2-3H3. The van der Waals surface area contributed by atoms with Crippen molar-refractivity contribution in [3.63, 3.8) is 0 Å². The fourth-order valence-electron chi connectivity index (χ4n) is 1.42. The summed E-state index contributed by atoms with van der Waals surface area (Å²) in [6.45, 7) is 11.5. The van der Waals surface area contributed by atoms with Crippen molar-refractivity contribution in [3.05, 3.63) is 24.5 Å². The van der Waals surface area contributed by atoms with Gasteiger partial charge in [0, 0.05) is 37.7 Å². The molecule has 0 saturated carbocycles. The van der Waals surface area contributed by atoms with Gasteiger partial charge in [-0.2, -0.15) is 5.10 Å². The van der Waals surface area contributed by atoms with Crippen molar-refractivity contribution in [1.82, 2.24) is 15.1 Å². The molecule has 4 heteroatoms. The van der Waals surface area contributed by atoms with E-state index in [1.54, 1.807) is 10.9 Å². The van der Waals surface area contributed by atoms with Crippen LogP contribution >= 0.6 is 0 Å². The molecule has 0 atom stereocenters. The summed E-state index contributed by atoms with van der Waals surface area (Å²) in [5.74, 6) is 0.618. The van der Waals surface area contributed by atoms with E-state index in [9.17, 15) is 0 Å². The maximum absolute atomic E-state index is 5.50. The van der Waals surface area contributed by atoms with Gasteiger partial charge in [0.05, 0.1) is 6.20 Å². The largest absolute Gasteiger partial charge is 0.381 e. The first-order valence-electron chi connectivity index (χ1n) is 6.16. The van der Waals surface area contributed by atoms with Crippen molar-refractivity contribution in [3.8, 4) is 0 Å². The van der Waals surface area contributed by atoms with Gasteiger partial charge in [0.25, 0.3) is 0 Å². The third-order valence-corrected chi connectivity index (χ3v) is 2.26. The van der Waals surface area contributed by atoms with Crippen LogP contribution in [0.3, 0.4) is 0 Å². The zero-order valence-electron chi connectivity index (χ0n) is 10.9. The van der Waals surface area contributed by atoms with Crippen LogP contribution in [0.25, 0.3) is 6.20 Å². The molecule has 4 nitrogen and oxygen atoms in total. The minimum Gasteiger partial charge on any atom is -0.381 e. The van der Waals surface area contributed by atoms with Crippen LogP contribution in [0.2, 0.25) is 0 Å². The Morgan fingerprint density at radius 3 is 3.06 bits per heavy atom. The van der Waals surface area contributed by atoms with E-state index in [0.29, 0.717) is 5.92 Å². The number of nitrogens with one attached hydrogen (secondary N) is 1. The first kappa shape index (κ1) is 13.9. The lowest BCUT2D eigenvalue weighted by Crippen LogP contribution is -2.16. The summed E-state index contributed by atoms with van der Waals surface area (Å²) in [5.41, 5.74) is 1.17. The molecule has 0 spiro atoms. The van der Waals surface area contributed by atoms with Gasteiger partial charge in [-0.05, 0) is 18.9 Å². The minimum atomic E-state index is 0.618. The van der Waals surface area contributed by atoms with Gasteiger partial charge in [0.1, 0.15) is 0 Å². The van der Waals surface area contributed by atoms with E-state index in [4.69, 9.17) is 4.74 Å². The molecule has 0 radical (unpaired) electrons. The number of hydrogen-bond acceptors (Lipinski definition) is 3. The number of rotatable bonds is 9. The molecule has 0 aliphatic rings. The van der Waals surface area contributed by atoms with Crippen LogP contribution in [0, 0.1) is 5.92 Å². The summed E-state index contributed by atoms with van der Waals surface area (Å²) >= 11 is 0. The van der Waals surface area contributed by atoms with E-state index >= 15 is 0 Å². The van der Waals surface area contributed by atoms with Crippen molar-refractivity contribution in [2.24, 2.45) is 5.92 Å². The van der Waals surface area contributed by atoms with Crippen molar-refractivity contribution < 1.29 is 4.74 Å². The van der Waals surface area contributed by atoms with E-state index in [1.807, 2.05) is 12.4 Å². The molecular weight excluding hydrogens is 214 g/mol. The highest BCUT2D eigenvalue weighted by Gasteiger charge is 1.96. The number of aromatic nitrogens is 2. The lowest BCUT2D eigenvalue weighted by molar-refractivity contribution is 0.108. The Balaban J connectivity index is 1.99. The molecule has 0 bridgehead atoms. The molecule has 1 rings (SSSR count). The second-order valence-corrected chi connectivity index (χ2v) is 4.51. The Morgan fingerprint density at radius 1 is 1.59 bits per heavy atom. The third kappa shape index (κ3) is 6.24. The normalized spacial score (nSPS) is 11.0. The molecule has 0 fully saturated rings. The van der Waals surface area contributed by atoms with E-state index in [2.05, 4.69) is 30.8 Å². The fourth-order valence-corrected chi connectivity index (χ4v) is 1.42. The van der Waals surface area contributed by atoms with E-state index < -0.39 is 0 Å².